The summed E-state index contributed by atoms with van der Waals surface area (Å²) >= 11 is 1.51. The number of hydrogen-bond acceptors (Lipinski definition) is 5. The molecule has 8 heteroatoms. The van der Waals surface area contributed by atoms with E-state index in [2.05, 4.69) is 10.3 Å². The predicted molar refractivity (Wildman–Crippen MR) is 134 cm³/mol. The Balaban J connectivity index is 1.35. The quantitative estimate of drug-likeness (QED) is 0.378. The van der Waals surface area contributed by atoms with E-state index >= 15 is 0 Å². The van der Waals surface area contributed by atoms with E-state index in [4.69, 9.17) is 4.74 Å². The van der Waals surface area contributed by atoms with Crippen molar-refractivity contribution in [3.8, 4) is 5.75 Å². The van der Waals surface area contributed by atoms with Gasteiger partial charge in [0.1, 0.15) is 18.2 Å². The molecule has 35 heavy (non-hydrogen) atoms. The second kappa shape index (κ2) is 10.1. The first kappa shape index (κ1) is 22.7. The topological polar surface area (TPSA) is 71.5 Å². The summed E-state index contributed by atoms with van der Waals surface area (Å²) in [4.78, 5) is 32.1. The van der Waals surface area contributed by atoms with Gasteiger partial charge in [-0.15, -0.1) is 11.3 Å². The number of fused-ring (bicyclic) bond motifs is 1. The maximum absolute atomic E-state index is 13.5. The van der Waals surface area contributed by atoms with Gasteiger partial charge in [-0.1, -0.05) is 12.1 Å². The summed E-state index contributed by atoms with van der Waals surface area (Å²) in [6.07, 6.45) is 1.50. The number of rotatable bonds is 6. The molecule has 1 N–H and O–H groups in total. The molecule has 1 aliphatic rings. The fourth-order valence-corrected chi connectivity index (χ4v) is 4.63. The molecule has 6 nitrogen and oxygen atoms in total. The van der Waals surface area contributed by atoms with Crippen LogP contribution in [0.2, 0.25) is 0 Å². The van der Waals surface area contributed by atoms with Gasteiger partial charge in [-0.25, -0.2) is 9.37 Å². The summed E-state index contributed by atoms with van der Waals surface area (Å²) in [5, 5.41) is 4.84. The number of amides is 2. The molecule has 0 radical (unpaired) electrons. The zero-order valence-corrected chi connectivity index (χ0v) is 19.6. The van der Waals surface area contributed by atoms with Gasteiger partial charge in [-0.05, 0) is 73.0 Å². The van der Waals surface area contributed by atoms with Crippen LogP contribution in [0.15, 0.2) is 77.6 Å². The van der Waals surface area contributed by atoms with Gasteiger partial charge in [0.15, 0.2) is 0 Å². The summed E-state index contributed by atoms with van der Waals surface area (Å²) in [5.41, 5.74) is 5.80. The molecular weight excluding hydrogens is 465 g/mol. The first-order chi connectivity index (χ1) is 17.1. The average Bonchev–Trinajstić information content (AvgIpc) is 3.41. The number of nitrogens with one attached hydrogen (secondary N) is 1. The summed E-state index contributed by atoms with van der Waals surface area (Å²) in [7, 11) is 0. The summed E-state index contributed by atoms with van der Waals surface area (Å²) in [6.45, 7) is 0.913. The third-order valence-electron chi connectivity index (χ3n) is 5.80. The fraction of sp³-hybridized carbons (Fsp3) is 0.148. The van der Waals surface area contributed by atoms with Crippen molar-refractivity contribution < 1.29 is 18.7 Å². The van der Waals surface area contributed by atoms with Crippen molar-refractivity contribution in [2.45, 2.75) is 19.4 Å². The van der Waals surface area contributed by atoms with Gasteiger partial charge in [-0.2, -0.15) is 0 Å². The number of carbonyl (C=O) groups excluding carboxylic acids is 2. The van der Waals surface area contributed by atoms with E-state index in [1.807, 2.05) is 29.6 Å². The van der Waals surface area contributed by atoms with Gasteiger partial charge in [0.25, 0.3) is 11.8 Å². The molecule has 0 spiro atoms. The first-order valence-electron chi connectivity index (χ1n) is 11.2. The van der Waals surface area contributed by atoms with Crippen molar-refractivity contribution in [3.05, 3.63) is 106 Å². The van der Waals surface area contributed by atoms with Crippen LogP contribution in [0.25, 0.3) is 0 Å². The van der Waals surface area contributed by atoms with Gasteiger partial charge >= 0.3 is 0 Å². The van der Waals surface area contributed by atoms with E-state index in [0.29, 0.717) is 35.7 Å². The summed E-state index contributed by atoms with van der Waals surface area (Å²) < 4.78 is 19.0. The molecule has 0 unspecified atom stereocenters. The van der Waals surface area contributed by atoms with Crippen molar-refractivity contribution >= 4 is 34.5 Å². The van der Waals surface area contributed by atoms with Crippen molar-refractivity contribution in [2.75, 3.05) is 16.8 Å². The Morgan fingerprint density at radius 2 is 1.89 bits per heavy atom. The standard InChI is InChI=1S/C27H22FN3O3S/c28-20-11-9-18(10-12-20)26(32)30-24-7-2-8-25-23(24)6-3-13-31(25)27(33)19-4-1-5-22(14-19)34-15-21-16-35-17-29-21/h1-2,4-5,7-12,14,16-17H,3,6,13,15H2,(H,30,32). The SMILES string of the molecule is O=C(Nc1cccc2c1CCCN2C(=O)c1cccc(OCc2cscn2)c1)c1ccc(F)cc1. The lowest BCUT2D eigenvalue weighted by Gasteiger charge is -2.31. The Labute approximate surface area is 206 Å². The van der Waals surface area contributed by atoms with E-state index in [0.717, 1.165) is 29.8 Å². The van der Waals surface area contributed by atoms with Gasteiger partial charge in [-0.3, -0.25) is 9.59 Å². The molecule has 5 rings (SSSR count). The van der Waals surface area contributed by atoms with Crippen LogP contribution in [0.3, 0.4) is 0 Å². The van der Waals surface area contributed by atoms with Gasteiger partial charge < -0.3 is 15.0 Å². The molecule has 1 aliphatic heterocycles. The van der Waals surface area contributed by atoms with Gasteiger partial charge in [0.05, 0.1) is 11.2 Å². The molecule has 4 aromatic rings. The highest BCUT2D eigenvalue weighted by molar-refractivity contribution is 7.07. The van der Waals surface area contributed by atoms with Crippen LogP contribution < -0.4 is 15.0 Å². The molecule has 0 saturated carbocycles. The van der Waals surface area contributed by atoms with Crippen molar-refractivity contribution in [3.63, 3.8) is 0 Å². The third kappa shape index (κ3) is 5.07. The number of benzene rings is 3. The number of thiazole rings is 1. The number of nitrogens with zero attached hydrogens (tertiary/aromatic N) is 2. The number of ether oxygens (including phenoxy) is 1. The number of halogens is 1. The summed E-state index contributed by atoms with van der Waals surface area (Å²) in [5.74, 6) is -0.259. The molecule has 0 fully saturated rings. The Bertz CT molecular complexity index is 1360. The highest BCUT2D eigenvalue weighted by atomic mass is 32.1. The van der Waals surface area contributed by atoms with E-state index < -0.39 is 5.82 Å². The second-order valence-corrected chi connectivity index (χ2v) is 8.84. The van der Waals surface area contributed by atoms with Crippen molar-refractivity contribution in [1.82, 2.24) is 4.98 Å². The third-order valence-corrected chi connectivity index (χ3v) is 6.44. The molecule has 0 atom stereocenters. The lowest BCUT2D eigenvalue weighted by Crippen LogP contribution is -2.35. The van der Waals surface area contributed by atoms with Gasteiger partial charge in [0, 0.05) is 34.4 Å². The Hall–Kier alpha value is -4.04. The zero-order chi connectivity index (χ0) is 24.2. The van der Waals surface area contributed by atoms with E-state index in [1.54, 1.807) is 28.6 Å². The largest absolute Gasteiger partial charge is 0.487 e. The molecular formula is C27H22FN3O3S. The molecule has 3 aromatic carbocycles. The van der Waals surface area contributed by atoms with E-state index in [-0.39, 0.29) is 11.8 Å². The van der Waals surface area contributed by atoms with E-state index in [1.165, 1.54) is 35.6 Å². The molecule has 1 aromatic heterocycles. The minimum Gasteiger partial charge on any atom is -0.487 e. The Morgan fingerprint density at radius 1 is 1.06 bits per heavy atom. The normalized spacial score (nSPS) is 12.7. The molecule has 176 valence electrons. The lowest BCUT2D eigenvalue weighted by molar-refractivity contribution is 0.0983. The monoisotopic (exact) mass is 487 g/mol. The smallest absolute Gasteiger partial charge is 0.258 e. The summed E-state index contributed by atoms with van der Waals surface area (Å²) in [6, 6.07) is 18.1. The first-order valence-corrected chi connectivity index (χ1v) is 12.1. The van der Waals surface area contributed by atoms with Crippen molar-refractivity contribution in [1.29, 1.82) is 0 Å². The highest BCUT2D eigenvalue weighted by Gasteiger charge is 2.26. The van der Waals surface area contributed by atoms with Crippen LogP contribution in [-0.4, -0.2) is 23.3 Å². The number of aromatic nitrogens is 1. The zero-order valence-electron chi connectivity index (χ0n) is 18.7. The lowest BCUT2D eigenvalue weighted by atomic mass is 9.98. The second-order valence-electron chi connectivity index (χ2n) is 8.12. The Morgan fingerprint density at radius 3 is 2.69 bits per heavy atom. The predicted octanol–water partition coefficient (Wildman–Crippen LogP) is 5.71. The molecule has 0 bridgehead atoms. The maximum atomic E-state index is 13.5. The molecule has 0 aliphatic carbocycles. The minimum absolute atomic E-state index is 0.132. The van der Waals surface area contributed by atoms with Crippen LogP contribution in [0, 0.1) is 5.82 Å². The van der Waals surface area contributed by atoms with Crippen LogP contribution in [0.1, 0.15) is 38.4 Å². The number of anilines is 2. The Kier molecular flexibility index (Phi) is 6.54. The van der Waals surface area contributed by atoms with Crippen molar-refractivity contribution in [2.24, 2.45) is 0 Å². The molecule has 2 heterocycles. The maximum Gasteiger partial charge on any atom is 0.258 e. The van der Waals surface area contributed by atoms with Crippen LogP contribution in [-0.2, 0) is 13.0 Å². The number of hydrogen-bond donors (Lipinski definition) is 1. The molecule has 2 amide bonds. The average molecular weight is 488 g/mol. The van der Waals surface area contributed by atoms with Crippen LogP contribution >= 0.6 is 11.3 Å². The minimum atomic E-state index is -0.398. The van der Waals surface area contributed by atoms with E-state index in [9.17, 15) is 14.0 Å². The van der Waals surface area contributed by atoms with Crippen LogP contribution in [0.4, 0.5) is 15.8 Å². The fourth-order valence-electron chi connectivity index (χ4n) is 4.09. The highest BCUT2D eigenvalue weighted by Crippen LogP contribution is 2.34. The van der Waals surface area contributed by atoms with Crippen LogP contribution in [0.5, 0.6) is 5.75 Å². The van der Waals surface area contributed by atoms with Gasteiger partial charge in [0.2, 0.25) is 0 Å². The molecule has 0 saturated heterocycles. The number of carbonyl (C=O) groups is 2.